The van der Waals surface area contributed by atoms with Crippen LogP contribution in [-0.4, -0.2) is 52.2 Å². The molecule has 0 aromatic carbocycles. The van der Waals surface area contributed by atoms with Gasteiger partial charge in [0.2, 0.25) is 0 Å². The van der Waals surface area contributed by atoms with E-state index in [0.29, 0.717) is 6.04 Å². The predicted molar refractivity (Wildman–Crippen MR) is 82.5 cm³/mol. The Bertz CT molecular complexity index is 478. The molecule has 2 fully saturated rings. The standard InChI is InChI=1S/C16H26N4O/c1-2-11-20-15(7-10-18-20)16(21)14-4-3-12-19(14)13-5-8-17-9-6-13/h7,10,13-14,17H,2-6,8-9,11-12H2,1H3. The third kappa shape index (κ3) is 3.04. The van der Waals surface area contributed by atoms with Gasteiger partial charge in [0.05, 0.1) is 6.04 Å². The zero-order valence-electron chi connectivity index (χ0n) is 12.9. The first kappa shape index (κ1) is 14.7. The van der Waals surface area contributed by atoms with Crippen LogP contribution in [0.25, 0.3) is 0 Å². The van der Waals surface area contributed by atoms with Gasteiger partial charge in [-0.05, 0) is 57.8 Å². The molecule has 0 spiro atoms. The average Bonchev–Trinajstić information content (AvgIpc) is 3.17. The highest BCUT2D eigenvalue weighted by atomic mass is 16.1. The molecule has 0 saturated carbocycles. The van der Waals surface area contributed by atoms with Crippen molar-refractivity contribution in [1.29, 1.82) is 0 Å². The molecule has 2 saturated heterocycles. The summed E-state index contributed by atoms with van der Waals surface area (Å²) in [6, 6.07) is 2.53. The number of hydrogen-bond acceptors (Lipinski definition) is 4. The van der Waals surface area contributed by atoms with Gasteiger partial charge in [0, 0.05) is 18.8 Å². The van der Waals surface area contributed by atoms with E-state index >= 15 is 0 Å². The molecule has 2 aliphatic heterocycles. The van der Waals surface area contributed by atoms with Crippen molar-refractivity contribution in [2.45, 2.75) is 57.7 Å². The summed E-state index contributed by atoms with van der Waals surface area (Å²) in [6.45, 7) is 6.18. The fourth-order valence-corrected chi connectivity index (χ4v) is 3.75. The highest BCUT2D eigenvalue weighted by Gasteiger charge is 2.36. The van der Waals surface area contributed by atoms with Crippen molar-refractivity contribution in [3.05, 3.63) is 18.0 Å². The van der Waals surface area contributed by atoms with Gasteiger partial charge in [-0.15, -0.1) is 0 Å². The quantitative estimate of drug-likeness (QED) is 0.839. The Labute approximate surface area is 126 Å². The molecule has 1 N–H and O–H groups in total. The second-order valence-electron chi connectivity index (χ2n) is 6.18. The molecule has 1 aromatic rings. The van der Waals surface area contributed by atoms with E-state index < -0.39 is 0 Å². The van der Waals surface area contributed by atoms with Crippen LogP contribution >= 0.6 is 0 Å². The molecular formula is C16H26N4O. The van der Waals surface area contributed by atoms with Crippen LogP contribution in [0.3, 0.4) is 0 Å². The lowest BCUT2D eigenvalue weighted by molar-refractivity contribution is 0.0772. The Morgan fingerprint density at radius 3 is 2.95 bits per heavy atom. The summed E-state index contributed by atoms with van der Waals surface area (Å²) in [5.41, 5.74) is 0.794. The molecule has 0 amide bonds. The number of ketones is 1. The summed E-state index contributed by atoms with van der Waals surface area (Å²) in [6.07, 6.45) is 7.23. The Kier molecular flexibility index (Phi) is 4.70. The van der Waals surface area contributed by atoms with Crippen LogP contribution in [0.1, 0.15) is 49.5 Å². The van der Waals surface area contributed by atoms with E-state index in [-0.39, 0.29) is 11.8 Å². The smallest absolute Gasteiger partial charge is 0.197 e. The van der Waals surface area contributed by atoms with Gasteiger partial charge in [-0.25, -0.2) is 0 Å². The first-order valence-electron chi connectivity index (χ1n) is 8.33. The first-order valence-corrected chi connectivity index (χ1v) is 8.33. The number of hydrogen-bond donors (Lipinski definition) is 1. The van der Waals surface area contributed by atoms with Crippen molar-refractivity contribution in [3.63, 3.8) is 0 Å². The lowest BCUT2D eigenvalue weighted by Crippen LogP contribution is -2.48. The Balaban J connectivity index is 1.74. The van der Waals surface area contributed by atoms with E-state index in [2.05, 4.69) is 22.2 Å². The molecule has 21 heavy (non-hydrogen) atoms. The SMILES string of the molecule is CCCn1nccc1C(=O)C1CCCN1C1CCNCC1. The molecular weight excluding hydrogens is 264 g/mol. The zero-order chi connectivity index (χ0) is 14.7. The molecule has 116 valence electrons. The van der Waals surface area contributed by atoms with Gasteiger partial charge in [-0.3, -0.25) is 14.4 Å². The Morgan fingerprint density at radius 2 is 2.19 bits per heavy atom. The van der Waals surface area contributed by atoms with Gasteiger partial charge < -0.3 is 5.32 Å². The number of carbonyl (C=O) groups is 1. The molecule has 1 atom stereocenters. The average molecular weight is 290 g/mol. The topological polar surface area (TPSA) is 50.2 Å². The molecule has 0 aliphatic carbocycles. The highest BCUT2D eigenvalue weighted by molar-refractivity contribution is 5.98. The number of aromatic nitrogens is 2. The molecule has 3 heterocycles. The first-order chi connectivity index (χ1) is 10.3. The summed E-state index contributed by atoms with van der Waals surface area (Å²) in [7, 11) is 0. The molecule has 3 rings (SSSR count). The number of rotatable bonds is 5. The van der Waals surface area contributed by atoms with Gasteiger partial charge in [-0.1, -0.05) is 6.92 Å². The van der Waals surface area contributed by atoms with E-state index in [1.54, 1.807) is 6.20 Å². The van der Waals surface area contributed by atoms with Crippen LogP contribution in [-0.2, 0) is 6.54 Å². The summed E-state index contributed by atoms with van der Waals surface area (Å²) in [4.78, 5) is 15.4. The maximum absolute atomic E-state index is 12.9. The van der Waals surface area contributed by atoms with Gasteiger partial charge in [0.15, 0.2) is 5.78 Å². The zero-order valence-corrected chi connectivity index (χ0v) is 12.9. The predicted octanol–water partition coefficient (Wildman–Crippen LogP) is 1.69. The third-order valence-corrected chi connectivity index (χ3v) is 4.78. The van der Waals surface area contributed by atoms with Gasteiger partial charge in [0.1, 0.15) is 5.69 Å². The number of nitrogens with one attached hydrogen (secondary N) is 1. The maximum atomic E-state index is 12.9. The van der Waals surface area contributed by atoms with Crippen LogP contribution in [0.4, 0.5) is 0 Å². The van der Waals surface area contributed by atoms with Crippen molar-refractivity contribution in [1.82, 2.24) is 20.0 Å². The summed E-state index contributed by atoms with van der Waals surface area (Å²) >= 11 is 0. The summed E-state index contributed by atoms with van der Waals surface area (Å²) in [5.74, 6) is 0.275. The van der Waals surface area contributed by atoms with Crippen molar-refractivity contribution in [2.75, 3.05) is 19.6 Å². The lowest BCUT2D eigenvalue weighted by Gasteiger charge is -2.35. The second kappa shape index (κ2) is 6.71. The van der Waals surface area contributed by atoms with E-state index in [9.17, 15) is 4.79 Å². The summed E-state index contributed by atoms with van der Waals surface area (Å²) in [5, 5.41) is 7.71. The van der Waals surface area contributed by atoms with E-state index in [1.165, 1.54) is 0 Å². The largest absolute Gasteiger partial charge is 0.317 e. The molecule has 5 nitrogen and oxygen atoms in total. The normalized spacial score (nSPS) is 24.5. The fourth-order valence-electron chi connectivity index (χ4n) is 3.75. The maximum Gasteiger partial charge on any atom is 0.197 e. The van der Waals surface area contributed by atoms with Crippen molar-refractivity contribution in [3.8, 4) is 0 Å². The van der Waals surface area contributed by atoms with Crippen molar-refractivity contribution in [2.24, 2.45) is 0 Å². The van der Waals surface area contributed by atoms with Gasteiger partial charge in [0.25, 0.3) is 0 Å². The van der Waals surface area contributed by atoms with E-state index in [1.807, 2.05) is 10.7 Å². The van der Waals surface area contributed by atoms with Crippen molar-refractivity contribution < 1.29 is 4.79 Å². The van der Waals surface area contributed by atoms with E-state index in [0.717, 1.165) is 64.0 Å². The minimum atomic E-state index is 0.0698. The number of nitrogens with zero attached hydrogens (tertiary/aromatic N) is 3. The minimum absolute atomic E-state index is 0.0698. The number of Topliss-reactive ketones (excluding diaryl/α,β-unsaturated/α-hetero) is 1. The van der Waals surface area contributed by atoms with E-state index in [4.69, 9.17) is 0 Å². The lowest BCUT2D eigenvalue weighted by atomic mass is 10.0. The molecule has 0 bridgehead atoms. The fraction of sp³-hybridized carbons (Fsp3) is 0.750. The number of carbonyl (C=O) groups excluding carboxylic acids is 1. The Hall–Kier alpha value is -1.20. The molecule has 1 unspecified atom stereocenters. The molecule has 0 radical (unpaired) electrons. The van der Waals surface area contributed by atoms with Crippen LogP contribution < -0.4 is 5.32 Å². The van der Waals surface area contributed by atoms with Gasteiger partial charge >= 0.3 is 0 Å². The van der Waals surface area contributed by atoms with Crippen LogP contribution in [0, 0.1) is 0 Å². The number of likely N-dealkylation sites (tertiary alicyclic amines) is 1. The van der Waals surface area contributed by atoms with Crippen LogP contribution in [0.2, 0.25) is 0 Å². The minimum Gasteiger partial charge on any atom is -0.317 e. The highest BCUT2D eigenvalue weighted by Crippen LogP contribution is 2.26. The Morgan fingerprint density at radius 1 is 1.38 bits per heavy atom. The number of piperidine rings is 1. The monoisotopic (exact) mass is 290 g/mol. The molecule has 1 aromatic heterocycles. The summed E-state index contributed by atoms with van der Waals surface area (Å²) < 4.78 is 1.88. The van der Waals surface area contributed by atoms with Crippen molar-refractivity contribution >= 4 is 5.78 Å². The second-order valence-corrected chi connectivity index (χ2v) is 6.18. The third-order valence-electron chi connectivity index (χ3n) is 4.78. The van der Waals surface area contributed by atoms with Crippen LogP contribution in [0.5, 0.6) is 0 Å². The number of aryl methyl sites for hydroxylation is 1. The van der Waals surface area contributed by atoms with Gasteiger partial charge in [-0.2, -0.15) is 5.10 Å². The molecule has 5 heteroatoms. The van der Waals surface area contributed by atoms with Crippen LogP contribution in [0.15, 0.2) is 12.3 Å². The molecule has 2 aliphatic rings.